The smallest absolute Gasteiger partial charge is 0.0641 e. The lowest BCUT2D eigenvalue weighted by molar-refractivity contribution is 0.188. The van der Waals surface area contributed by atoms with Gasteiger partial charge in [-0.25, -0.2) is 0 Å². The summed E-state index contributed by atoms with van der Waals surface area (Å²) in [4.78, 5) is 0. The summed E-state index contributed by atoms with van der Waals surface area (Å²) in [6, 6.07) is 8.70. The van der Waals surface area contributed by atoms with Gasteiger partial charge < -0.3 is 14.6 Å². The molecule has 0 aliphatic rings. The lowest BCUT2D eigenvalue weighted by atomic mass is 10.1. The van der Waals surface area contributed by atoms with Crippen molar-refractivity contribution in [2.45, 2.75) is 39.4 Å². The number of ether oxygens (including phenoxy) is 1. The number of hydrogen-bond donors (Lipinski definition) is 1. The first-order valence-corrected chi connectivity index (χ1v) is 6.82. The van der Waals surface area contributed by atoms with Gasteiger partial charge in [0.15, 0.2) is 0 Å². The Labute approximate surface area is 115 Å². The van der Waals surface area contributed by atoms with E-state index in [4.69, 9.17) is 4.74 Å². The van der Waals surface area contributed by atoms with Crippen LogP contribution in [0.1, 0.15) is 26.3 Å². The summed E-state index contributed by atoms with van der Waals surface area (Å²) in [6.07, 6.45) is 2.14. The van der Waals surface area contributed by atoms with Crippen molar-refractivity contribution in [1.29, 1.82) is 0 Å². The molecule has 0 fully saturated rings. The number of fused-ring (bicyclic) bond motifs is 1. The molecule has 0 atom stereocenters. The zero-order valence-corrected chi connectivity index (χ0v) is 12.4. The lowest BCUT2D eigenvalue weighted by Gasteiger charge is -2.21. The molecule has 0 radical (unpaired) electrons. The van der Waals surface area contributed by atoms with E-state index >= 15 is 0 Å². The van der Waals surface area contributed by atoms with Crippen LogP contribution in [0.3, 0.4) is 0 Å². The number of methoxy groups -OCH3 is 1. The van der Waals surface area contributed by atoms with Crippen LogP contribution in [-0.4, -0.2) is 23.8 Å². The highest BCUT2D eigenvalue weighted by atomic mass is 16.5. The third kappa shape index (κ3) is 3.58. The minimum atomic E-state index is 0.140. The molecule has 0 bridgehead atoms. The van der Waals surface area contributed by atoms with Gasteiger partial charge in [0, 0.05) is 42.8 Å². The number of hydrogen-bond acceptors (Lipinski definition) is 2. The van der Waals surface area contributed by atoms with Gasteiger partial charge in [0.1, 0.15) is 0 Å². The molecule has 0 amide bonds. The van der Waals surface area contributed by atoms with Crippen LogP contribution in [0.25, 0.3) is 10.9 Å². The molecule has 0 aliphatic heterocycles. The maximum Gasteiger partial charge on any atom is 0.0641 e. The van der Waals surface area contributed by atoms with E-state index in [1.54, 1.807) is 7.11 Å². The first kappa shape index (κ1) is 14.1. The number of aromatic nitrogens is 1. The molecule has 2 rings (SSSR count). The molecule has 2 aromatic rings. The zero-order chi connectivity index (χ0) is 13.9. The van der Waals surface area contributed by atoms with Gasteiger partial charge in [0.05, 0.1) is 6.61 Å². The topological polar surface area (TPSA) is 26.2 Å². The summed E-state index contributed by atoms with van der Waals surface area (Å²) in [7, 11) is 1.74. The van der Waals surface area contributed by atoms with Gasteiger partial charge in [-0.15, -0.1) is 0 Å². The van der Waals surface area contributed by atoms with Crippen molar-refractivity contribution >= 4 is 10.9 Å². The lowest BCUT2D eigenvalue weighted by Crippen LogP contribution is -2.35. The van der Waals surface area contributed by atoms with E-state index in [2.05, 4.69) is 61.1 Å². The molecule has 0 unspecified atom stereocenters. The van der Waals surface area contributed by atoms with Gasteiger partial charge in [-0.2, -0.15) is 0 Å². The maximum absolute atomic E-state index is 5.15. The summed E-state index contributed by atoms with van der Waals surface area (Å²) >= 11 is 0. The Morgan fingerprint density at radius 1 is 1.21 bits per heavy atom. The minimum absolute atomic E-state index is 0.140. The Bertz CT molecular complexity index is 537. The van der Waals surface area contributed by atoms with E-state index in [9.17, 15) is 0 Å². The van der Waals surface area contributed by atoms with Gasteiger partial charge in [-0.3, -0.25) is 0 Å². The van der Waals surface area contributed by atoms with Gasteiger partial charge >= 0.3 is 0 Å². The molecule has 0 aliphatic carbocycles. The van der Waals surface area contributed by atoms with E-state index in [1.807, 2.05) is 0 Å². The van der Waals surface area contributed by atoms with Crippen molar-refractivity contribution < 1.29 is 4.74 Å². The summed E-state index contributed by atoms with van der Waals surface area (Å²) in [5.41, 5.74) is 2.77. The largest absolute Gasteiger partial charge is 0.383 e. The average molecular weight is 260 g/mol. The molecular formula is C16H24N2O. The van der Waals surface area contributed by atoms with Crippen molar-refractivity contribution in [3.05, 3.63) is 36.0 Å². The minimum Gasteiger partial charge on any atom is -0.383 e. The van der Waals surface area contributed by atoms with Crippen LogP contribution in [0.4, 0.5) is 0 Å². The van der Waals surface area contributed by atoms with Gasteiger partial charge in [-0.1, -0.05) is 12.1 Å². The third-order valence-electron chi connectivity index (χ3n) is 3.25. The fourth-order valence-corrected chi connectivity index (χ4v) is 2.19. The quantitative estimate of drug-likeness (QED) is 0.893. The highest BCUT2D eigenvalue weighted by Crippen LogP contribution is 2.21. The van der Waals surface area contributed by atoms with Crippen LogP contribution in [-0.2, 0) is 17.8 Å². The Kier molecular flexibility index (Phi) is 4.27. The van der Waals surface area contributed by atoms with Crippen LogP contribution in [0.15, 0.2) is 30.5 Å². The number of nitrogens with one attached hydrogen (secondary N) is 1. The van der Waals surface area contributed by atoms with Crippen LogP contribution in [0.2, 0.25) is 0 Å². The normalized spacial score (nSPS) is 12.2. The Morgan fingerprint density at radius 3 is 2.68 bits per heavy atom. The molecule has 3 heteroatoms. The summed E-state index contributed by atoms with van der Waals surface area (Å²) < 4.78 is 7.40. The van der Waals surface area contributed by atoms with Crippen molar-refractivity contribution in [3.8, 4) is 0 Å². The fraction of sp³-hybridized carbons (Fsp3) is 0.500. The SMILES string of the molecule is COCCn1ccc2c(CNC(C)(C)C)cccc21. The van der Waals surface area contributed by atoms with Crippen molar-refractivity contribution in [2.24, 2.45) is 0 Å². The van der Waals surface area contributed by atoms with Crippen LogP contribution >= 0.6 is 0 Å². The third-order valence-corrected chi connectivity index (χ3v) is 3.25. The molecule has 1 N–H and O–H groups in total. The molecule has 0 spiro atoms. The molecule has 19 heavy (non-hydrogen) atoms. The first-order valence-electron chi connectivity index (χ1n) is 6.82. The first-order chi connectivity index (χ1) is 9.01. The number of benzene rings is 1. The summed E-state index contributed by atoms with van der Waals surface area (Å²) in [5, 5.41) is 4.88. The van der Waals surface area contributed by atoms with Crippen molar-refractivity contribution in [1.82, 2.24) is 9.88 Å². The Morgan fingerprint density at radius 2 is 2.00 bits per heavy atom. The Balaban J connectivity index is 2.23. The van der Waals surface area contributed by atoms with Crippen LogP contribution < -0.4 is 5.32 Å². The molecule has 104 valence electrons. The van der Waals surface area contributed by atoms with Gasteiger partial charge in [0.2, 0.25) is 0 Å². The number of nitrogens with zero attached hydrogens (tertiary/aromatic N) is 1. The van der Waals surface area contributed by atoms with Crippen LogP contribution in [0.5, 0.6) is 0 Å². The zero-order valence-electron chi connectivity index (χ0n) is 12.4. The average Bonchev–Trinajstić information content (AvgIpc) is 2.76. The predicted octanol–water partition coefficient (Wildman–Crippen LogP) is 3.18. The van der Waals surface area contributed by atoms with Gasteiger partial charge in [-0.05, 0) is 38.5 Å². The maximum atomic E-state index is 5.15. The van der Waals surface area contributed by atoms with E-state index in [1.165, 1.54) is 16.5 Å². The molecule has 0 saturated carbocycles. The predicted molar refractivity (Wildman–Crippen MR) is 80.4 cm³/mol. The molecule has 1 aromatic heterocycles. The van der Waals surface area contributed by atoms with Crippen molar-refractivity contribution in [3.63, 3.8) is 0 Å². The number of rotatable bonds is 5. The van der Waals surface area contributed by atoms with E-state index < -0.39 is 0 Å². The standard InChI is InChI=1S/C16H24N2O/c1-16(2,3)17-12-13-6-5-7-15-14(13)8-9-18(15)10-11-19-4/h5-9,17H,10-12H2,1-4H3. The molecule has 1 aromatic carbocycles. The highest BCUT2D eigenvalue weighted by Gasteiger charge is 2.10. The van der Waals surface area contributed by atoms with E-state index in [0.717, 1.165) is 19.7 Å². The second kappa shape index (κ2) is 5.76. The van der Waals surface area contributed by atoms with E-state index in [-0.39, 0.29) is 5.54 Å². The fourth-order valence-electron chi connectivity index (χ4n) is 2.19. The monoisotopic (exact) mass is 260 g/mol. The van der Waals surface area contributed by atoms with Gasteiger partial charge in [0.25, 0.3) is 0 Å². The van der Waals surface area contributed by atoms with Crippen molar-refractivity contribution in [2.75, 3.05) is 13.7 Å². The van der Waals surface area contributed by atoms with Crippen LogP contribution in [0, 0.1) is 0 Å². The molecular weight excluding hydrogens is 236 g/mol. The molecule has 3 nitrogen and oxygen atoms in total. The Hall–Kier alpha value is -1.32. The summed E-state index contributed by atoms with van der Waals surface area (Å²) in [5.74, 6) is 0. The van der Waals surface area contributed by atoms with E-state index in [0.29, 0.717) is 0 Å². The second-order valence-corrected chi connectivity index (χ2v) is 5.96. The molecule has 1 heterocycles. The second-order valence-electron chi connectivity index (χ2n) is 5.96. The highest BCUT2D eigenvalue weighted by molar-refractivity contribution is 5.83. The molecule has 0 saturated heterocycles. The summed E-state index contributed by atoms with van der Waals surface area (Å²) in [6.45, 7) is 9.12.